The summed E-state index contributed by atoms with van der Waals surface area (Å²) in [6, 6.07) is 6.36. The van der Waals surface area contributed by atoms with Gasteiger partial charge in [0.1, 0.15) is 0 Å². The molecular weight excluding hydrogens is 224 g/mol. The van der Waals surface area contributed by atoms with Crippen molar-refractivity contribution in [1.29, 1.82) is 0 Å². The van der Waals surface area contributed by atoms with E-state index in [9.17, 15) is 0 Å². The van der Waals surface area contributed by atoms with Gasteiger partial charge in [-0.15, -0.1) is 0 Å². The quantitative estimate of drug-likeness (QED) is 0.894. The van der Waals surface area contributed by atoms with Crippen LogP contribution in [0.4, 0.5) is 5.82 Å². The van der Waals surface area contributed by atoms with Crippen LogP contribution in [0.5, 0.6) is 0 Å². The number of anilines is 1. The average Bonchev–Trinajstić information content (AvgIpc) is 2.58. The van der Waals surface area contributed by atoms with Gasteiger partial charge in [0.15, 0.2) is 11.6 Å². The second kappa shape index (κ2) is 4.84. The SMILES string of the molecule is Cc1cc(C)cc(-c2onc(N)c2CC(C)C)c1. The number of benzene rings is 1. The van der Waals surface area contributed by atoms with Crippen molar-refractivity contribution >= 4 is 5.82 Å². The Morgan fingerprint density at radius 2 is 1.78 bits per heavy atom. The monoisotopic (exact) mass is 244 g/mol. The van der Waals surface area contributed by atoms with Crippen LogP contribution in [0.15, 0.2) is 22.7 Å². The van der Waals surface area contributed by atoms with Gasteiger partial charge in [-0.3, -0.25) is 0 Å². The van der Waals surface area contributed by atoms with Crippen LogP contribution in [0, 0.1) is 19.8 Å². The highest BCUT2D eigenvalue weighted by atomic mass is 16.5. The molecule has 3 heteroatoms. The van der Waals surface area contributed by atoms with Crippen LogP contribution >= 0.6 is 0 Å². The molecule has 0 bridgehead atoms. The number of hydrogen-bond donors (Lipinski definition) is 1. The van der Waals surface area contributed by atoms with E-state index in [0.717, 1.165) is 23.3 Å². The fraction of sp³-hybridized carbons (Fsp3) is 0.400. The lowest BCUT2D eigenvalue weighted by Crippen LogP contribution is -1.99. The molecule has 3 nitrogen and oxygen atoms in total. The zero-order valence-electron chi connectivity index (χ0n) is 11.4. The molecule has 18 heavy (non-hydrogen) atoms. The molecule has 0 aliphatic carbocycles. The molecule has 2 aromatic rings. The minimum atomic E-state index is 0.512. The van der Waals surface area contributed by atoms with Crippen LogP contribution in [0.25, 0.3) is 11.3 Å². The standard InChI is InChI=1S/C15H20N2O/c1-9(2)5-13-14(18-17-15(13)16)12-7-10(3)6-11(4)8-12/h6-9H,5H2,1-4H3,(H2,16,17). The summed E-state index contributed by atoms with van der Waals surface area (Å²) in [4.78, 5) is 0. The molecule has 1 aromatic heterocycles. The minimum absolute atomic E-state index is 0.512. The van der Waals surface area contributed by atoms with Crippen molar-refractivity contribution in [2.24, 2.45) is 5.92 Å². The van der Waals surface area contributed by atoms with Gasteiger partial charge < -0.3 is 10.3 Å². The van der Waals surface area contributed by atoms with Gasteiger partial charge in [-0.1, -0.05) is 36.2 Å². The number of nitrogens with two attached hydrogens (primary N) is 1. The van der Waals surface area contributed by atoms with E-state index in [1.807, 2.05) is 0 Å². The molecular formula is C15H20N2O. The maximum absolute atomic E-state index is 5.90. The lowest BCUT2D eigenvalue weighted by atomic mass is 9.98. The summed E-state index contributed by atoms with van der Waals surface area (Å²) in [5.41, 5.74) is 10.4. The summed E-state index contributed by atoms with van der Waals surface area (Å²) >= 11 is 0. The minimum Gasteiger partial charge on any atom is -0.381 e. The zero-order valence-corrected chi connectivity index (χ0v) is 11.4. The Kier molecular flexibility index (Phi) is 3.41. The Balaban J connectivity index is 2.50. The number of aryl methyl sites for hydroxylation is 2. The van der Waals surface area contributed by atoms with Crippen LogP contribution in [0.1, 0.15) is 30.5 Å². The maximum Gasteiger partial charge on any atom is 0.172 e. The fourth-order valence-corrected chi connectivity index (χ4v) is 2.26. The number of aromatic nitrogens is 1. The second-order valence-electron chi connectivity index (χ2n) is 5.35. The molecule has 2 N–H and O–H groups in total. The van der Waals surface area contributed by atoms with E-state index in [4.69, 9.17) is 10.3 Å². The third-order valence-corrected chi connectivity index (χ3v) is 2.91. The molecule has 0 saturated heterocycles. The average molecular weight is 244 g/mol. The van der Waals surface area contributed by atoms with E-state index in [2.05, 4.69) is 51.1 Å². The number of nitrogen functional groups attached to an aromatic ring is 1. The van der Waals surface area contributed by atoms with Crippen molar-refractivity contribution in [3.8, 4) is 11.3 Å². The Bertz CT molecular complexity index is 535. The van der Waals surface area contributed by atoms with Crippen LogP contribution in [0.2, 0.25) is 0 Å². The normalized spacial score (nSPS) is 11.2. The number of nitrogens with zero attached hydrogens (tertiary/aromatic N) is 1. The summed E-state index contributed by atoms with van der Waals surface area (Å²) in [5.74, 6) is 1.85. The van der Waals surface area contributed by atoms with E-state index in [1.54, 1.807) is 0 Å². The van der Waals surface area contributed by atoms with Crippen molar-refractivity contribution in [1.82, 2.24) is 5.16 Å². The van der Waals surface area contributed by atoms with Crippen LogP contribution in [-0.2, 0) is 6.42 Å². The highest BCUT2D eigenvalue weighted by Crippen LogP contribution is 2.31. The zero-order chi connectivity index (χ0) is 13.3. The van der Waals surface area contributed by atoms with E-state index in [-0.39, 0.29) is 0 Å². The molecule has 0 radical (unpaired) electrons. The summed E-state index contributed by atoms with van der Waals surface area (Å²) in [6.07, 6.45) is 0.887. The first-order chi connectivity index (χ1) is 8.47. The summed E-state index contributed by atoms with van der Waals surface area (Å²) in [5, 5.41) is 3.91. The first-order valence-corrected chi connectivity index (χ1v) is 6.30. The number of rotatable bonds is 3. The molecule has 0 fully saturated rings. The lowest BCUT2D eigenvalue weighted by molar-refractivity contribution is 0.434. The molecule has 0 unspecified atom stereocenters. The molecule has 0 aliphatic rings. The molecule has 96 valence electrons. The van der Waals surface area contributed by atoms with Gasteiger partial charge in [0, 0.05) is 11.1 Å². The molecule has 0 atom stereocenters. The van der Waals surface area contributed by atoms with Gasteiger partial charge in [0.2, 0.25) is 0 Å². The van der Waals surface area contributed by atoms with Crippen molar-refractivity contribution in [2.45, 2.75) is 34.1 Å². The van der Waals surface area contributed by atoms with E-state index < -0.39 is 0 Å². The third kappa shape index (κ3) is 2.55. The molecule has 0 spiro atoms. The van der Waals surface area contributed by atoms with Gasteiger partial charge >= 0.3 is 0 Å². The lowest BCUT2D eigenvalue weighted by Gasteiger charge is -2.07. The Morgan fingerprint density at radius 1 is 1.17 bits per heavy atom. The molecule has 0 aliphatic heterocycles. The first kappa shape index (κ1) is 12.7. The van der Waals surface area contributed by atoms with Crippen LogP contribution in [0.3, 0.4) is 0 Å². The predicted molar refractivity (Wildman–Crippen MR) is 74.4 cm³/mol. The Morgan fingerprint density at radius 3 is 2.33 bits per heavy atom. The smallest absolute Gasteiger partial charge is 0.172 e. The van der Waals surface area contributed by atoms with Crippen molar-refractivity contribution < 1.29 is 4.52 Å². The van der Waals surface area contributed by atoms with Gasteiger partial charge in [0.25, 0.3) is 0 Å². The highest BCUT2D eigenvalue weighted by Gasteiger charge is 2.17. The largest absolute Gasteiger partial charge is 0.381 e. The molecule has 1 heterocycles. The second-order valence-corrected chi connectivity index (χ2v) is 5.35. The Hall–Kier alpha value is -1.77. The maximum atomic E-state index is 5.90. The highest BCUT2D eigenvalue weighted by molar-refractivity contribution is 5.67. The summed E-state index contributed by atoms with van der Waals surface area (Å²) in [6.45, 7) is 8.49. The third-order valence-electron chi connectivity index (χ3n) is 2.91. The van der Waals surface area contributed by atoms with Gasteiger partial charge in [0.05, 0.1) is 0 Å². The van der Waals surface area contributed by atoms with Gasteiger partial charge in [-0.05, 0) is 38.3 Å². The number of hydrogen-bond acceptors (Lipinski definition) is 3. The topological polar surface area (TPSA) is 52.0 Å². The van der Waals surface area contributed by atoms with E-state index in [1.165, 1.54) is 11.1 Å². The van der Waals surface area contributed by atoms with E-state index >= 15 is 0 Å². The predicted octanol–water partition coefficient (Wildman–Crippen LogP) is 3.74. The first-order valence-electron chi connectivity index (χ1n) is 6.30. The van der Waals surface area contributed by atoms with Crippen molar-refractivity contribution in [3.05, 3.63) is 34.9 Å². The molecule has 0 saturated carbocycles. The summed E-state index contributed by atoms with van der Waals surface area (Å²) in [7, 11) is 0. The van der Waals surface area contributed by atoms with E-state index in [0.29, 0.717) is 11.7 Å². The van der Waals surface area contributed by atoms with Crippen LogP contribution in [-0.4, -0.2) is 5.16 Å². The van der Waals surface area contributed by atoms with Crippen LogP contribution < -0.4 is 5.73 Å². The Labute approximate surface area is 108 Å². The van der Waals surface area contributed by atoms with Crippen molar-refractivity contribution in [2.75, 3.05) is 5.73 Å². The molecule has 1 aromatic carbocycles. The van der Waals surface area contributed by atoms with Gasteiger partial charge in [-0.25, -0.2) is 0 Å². The van der Waals surface area contributed by atoms with Gasteiger partial charge in [-0.2, -0.15) is 0 Å². The summed E-state index contributed by atoms with van der Waals surface area (Å²) < 4.78 is 5.42. The molecule has 2 rings (SSSR count). The fourth-order valence-electron chi connectivity index (χ4n) is 2.26. The molecule has 0 amide bonds. The van der Waals surface area contributed by atoms with Crippen molar-refractivity contribution in [3.63, 3.8) is 0 Å².